The Hall–Kier alpha value is -8.21. The van der Waals surface area contributed by atoms with Crippen LogP contribution >= 0.6 is 0 Å². The molecule has 11 aromatic rings. The summed E-state index contributed by atoms with van der Waals surface area (Å²) in [5.74, 6) is 1.81. The topological polar surface area (TPSA) is 43.6 Å². The lowest BCUT2D eigenvalue weighted by molar-refractivity contribution is 1.06. The highest BCUT2D eigenvalue weighted by atomic mass is 15.1. The predicted molar refractivity (Wildman–Crippen MR) is 252 cm³/mol. The fourth-order valence-electron chi connectivity index (χ4n) is 8.44. The van der Waals surface area contributed by atoms with E-state index in [0.717, 1.165) is 66.8 Å². The highest BCUT2D eigenvalue weighted by Crippen LogP contribution is 2.39. The molecule has 0 bridgehead atoms. The van der Waals surface area contributed by atoms with Crippen LogP contribution in [0.4, 0.5) is 0 Å². The lowest BCUT2D eigenvalue weighted by Crippen LogP contribution is -2.04. The van der Waals surface area contributed by atoms with Crippen molar-refractivity contribution in [3.8, 4) is 84.4 Å². The number of rotatable bonds is 8. The van der Waals surface area contributed by atoms with E-state index in [1.54, 1.807) is 0 Å². The molecule has 4 heteroatoms. The van der Waals surface area contributed by atoms with Gasteiger partial charge in [-0.15, -0.1) is 0 Å². The van der Waals surface area contributed by atoms with Gasteiger partial charge in [-0.2, -0.15) is 0 Å². The summed E-state index contributed by atoms with van der Waals surface area (Å²) in [7, 11) is 0. The van der Waals surface area contributed by atoms with Crippen molar-refractivity contribution in [2.75, 3.05) is 0 Å². The van der Waals surface area contributed by atoms with Crippen molar-refractivity contribution in [1.29, 1.82) is 0 Å². The molecule has 4 nitrogen and oxygen atoms in total. The molecule has 2 heterocycles. The van der Waals surface area contributed by atoms with E-state index in [1.807, 2.05) is 6.07 Å². The zero-order valence-corrected chi connectivity index (χ0v) is 33.2. The van der Waals surface area contributed by atoms with Gasteiger partial charge in [0.05, 0.1) is 16.7 Å². The van der Waals surface area contributed by atoms with Crippen LogP contribution in [0.15, 0.2) is 231 Å². The van der Waals surface area contributed by atoms with Crippen molar-refractivity contribution in [3.63, 3.8) is 0 Å². The Morgan fingerprint density at radius 2 is 0.607 bits per heavy atom. The van der Waals surface area contributed by atoms with Gasteiger partial charge in [-0.05, 0) is 80.9 Å². The van der Waals surface area contributed by atoms with E-state index in [-0.39, 0.29) is 0 Å². The quantitative estimate of drug-likeness (QED) is 0.154. The third-order valence-corrected chi connectivity index (χ3v) is 11.5. The van der Waals surface area contributed by atoms with Gasteiger partial charge in [0, 0.05) is 27.5 Å². The molecule has 0 aliphatic rings. The van der Waals surface area contributed by atoms with Crippen molar-refractivity contribution in [2.45, 2.75) is 0 Å². The van der Waals surface area contributed by atoms with Gasteiger partial charge in [0.15, 0.2) is 17.5 Å². The summed E-state index contributed by atoms with van der Waals surface area (Å²) in [6, 6.07) is 81.1. The highest BCUT2D eigenvalue weighted by molar-refractivity contribution is 6.09. The van der Waals surface area contributed by atoms with Gasteiger partial charge in [0.25, 0.3) is 0 Å². The van der Waals surface area contributed by atoms with E-state index in [2.05, 4.69) is 229 Å². The van der Waals surface area contributed by atoms with Gasteiger partial charge in [-0.3, -0.25) is 0 Å². The van der Waals surface area contributed by atoms with E-state index in [0.29, 0.717) is 17.5 Å². The molecule has 0 aliphatic carbocycles. The molecule has 0 aliphatic heterocycles. The molecule has 2 aromatic heterocycles. The van der Waals surface area contributed by atoms with Crippen LogP contribution in [0.25, 0.3) is 106 Å². The number of nitrogens with zero attached hydrogens (tertiary/aromatic N) is 4. The first-order valence-corrected chi connectivity index (χ1v) is 20.6. The Bertz CT molecular complexity index is 3280. The third kappa shape index (κ3) is 6.86. The van der Waals surface area contributed by atoms with Crippen molar-refractivity contribution < 1.29 is 0 Å². The van der Waals surface area contributed by atoms with Gasteiger partial charge in [-0.25, -0.2) is 15.0 Å². The van der Waals surface area contributed by atoms with Crippen LogP contribution in [0.2, 0.25) is 0 Å². The van der Waals surface area contributed by atoms with Crippen LogP contribution in [0.1, 0.15) is 0 Å². The molecular formula is C57H38N4. The maximum Gasteiger partial charge on any atom is 0.166 e. The molecule has 0 N–H and O–H groups in total. The molecule has 0 saturated carbocycles. The first-order chi connectivity index (χ1) is 30.2. The fraction of sp³-hybridized carbons (Fsp3) is 0. The number of aromatic nitrogens is 4. The summed E-state index contributed by atoms with van der Waals surface area (Å²) in [6.45, 7) is 0. The van der Waals surface area contributed by atoms with Crippen molar-refractivity contribution >= 4 is 21.8 Å². The van der Waals surface area contributed by atoms with Gasteiger partial charge in [0.2, 0.25) is 0 Å². The summed E-state index contributed by atoms with van der Waals surface area (Å²) in [5, 5.41) is 2.39. The van der Waals surface area contributed by atoms with Crippen LogP contribution in [0, 0.1) is 0 Å². The number of fused-ring (bicyclic) bond motifs is 3. The van der Waals surface area contributed by atoms with Gasteiger partial charge < -0.3 is 4.57 Å². The van der Waals surface area contributed by atoms with Crippen molar-refractivity contribution in [2.24, 2.45) is 0 Å². The standard InChI is InChI=1S/C57H38N4/c1-4-16-39(17-5-1)44-22-14-23-45(36-44)42-30-32-43(33-31-42)55-58-56(48-25-15-24-46(37-48)40-18-6-2-7-19-40)60-57(59-55)51-35-34-47(41-20-8-3-9-21-41)38-54(51)61-52-28-12-10-26-49(52)50-27-11-13-29-53(50)61/h1-38H. The number of para-hydroxylation sites is 2. The van der Waals surface area contributed by atoms with Crippen LogP contribution in [-0.4, -0.2) is 19.5 Å². The average Bonchev–Trinajstić information content (AvgIpc) is 3.69. The Morgan fingerprint density at radius 3 is 1.15 bits per heavy atom. The van der Waals surface area contributed by atoms with Crippen LogP contribution in [0.3, 0.4) is 0 Å². The molecule has 0 fully saturated rings. The number of hydrogen-bond acceptors (Lipinski definition) is 3. The molecule has 0 amide bonds. The number of benzene rings is 9. The fourth-order valence-corrected chi connectivity index (χ4v) is 8.44. The smallest absolute Gasteiger partial charge is 0.166 e. The number of hydrogen-bond donors (Lipinski definition) is 0. The van der Waals surface area contributed by atoms with Crippen molar-refractivity contribution in [1.82, 2.24) is 19.5 Å². The monoisotopic (exact) mass is 778 g/mol. The van der Waals surface area contributed by atoms with E-state index in [1.165, 1.54) is 21.9 Å². The van der Waals surface area contributed by atoms with E-state index < -0.39 is 0 Å². The van der Waals surface area contributed by atoms with Crippen molar-refractivity contribution in [3.05, 3.63) is 231 Å². The maximum absolute atomic E-state index is 5.34. The molecular weight excluding hydrogens is 741 g/mol. The van der Waals surface area contributed by atoms with E-state index in [4.69, 9.17) is 15.0 Å². The molecule has 9 aromatic carbocycles. The van der Waals surface area contributed by atoms with Crippen LogP contribution < -0.4 is 0 Å². The second-order valence-electron chi connectivity index (χ2n) is 15.2. The molecule has 0 unspecified atom stereocenters. The van der Waals surface area contributed by atoms with Gasteiger partial charge in [0.1, 0.15) is 0 Å². The molecule has 0 radical (unpaired) electrons. The summed E-state index contributed by atoms with van der Waals surface area (Å²) in [5.41, 5.74) is 15.1. The third-order valence-electron chi connectivity index (χ3n) is 11.5. The summed E-state index contributed by atoms with van der Waals surface area (Å²) in [6.07, 6.45) is 0. The Morgan fingerprint density at radius 1 is 0.246 bits per heavy atom. The second-order valence-corrected chi connectivity index (χ2v) is 15.2. The molecule has 0 atom stereocenters. The summed E-state index contributed by atoms with van der Waals surface area (Å²) >= 11 is 0. The van der Waals surface area contributed by atoms with Crippen LogP contribution in [0.5, 0.6) is 0 Å². The normalized spacial score (nSPS) is 11.3. The molecule has 0 saturated heterocycles. The van der Waals surface area contributed by atoms with E-state index in [9.17, 15) is 0 Å². The largest absolute Gasteiger partial charge is 0.308 e. The Balaban J connectivity index is 1.11. The van der Waals surface area contributed by atoms with Crippen LogP contribution in [-0.2, 0) is 0 Å². The summed E-state index contributed by atoms with van der Waals surface area (Å²) in [4.78, 5) is 15.9. The lowest BCUT2D eigenvalue weighted by atomic mass is 9.98. The Kier molecular flexibility index (Phi) is 9.14. The predicted octanol–water partition coefficient (Wildman–Crippen LogP) is 14.6. The minimum Gasteiger partial charge on any atom is -0.308 e. The highest BCUT2D eigenvalue weighted by Gasteiger charge is 2.20. The summed E-state index contributed by atoms with van der Waals surface area (Å²) < 4.78 is 2.37. The Labute approximate surface area is 354 Å². The second kappa shape index (κ2) is 15.5. The van der Waals surface area contributed by atoms with Gasteiger partial charge >= 0.3 is 0 Å². The first kappa shape index (κ1) is 35.9. The van der Waals surface area contributed by atoms with Gasteiger partial charge in [-0.1, -0.05) is 194 Å². The SMILES string of the molecule is c1ccc(-c2cccc(-c3ccc(-c4nc(-c5cccc(-c6ccccc6)c5)nc(-c5ccc(-c6ccccc6)cc5-n5c6ccccc6c6ccccc65)n4)cc3)c2)cc1. The van der Waals surface area contributed by atoms with E-state index >= 15 is 0 Å². The zero-order chi connectivity index (χ0) is 40.5. The zero-order valence-electron chi connectivity index (χ0n) is 33.2. The average molecular weight is 779 g/mol. The minimum absolute atomic E-state index is 0.598. The molecule has 61 heavy (non-hydrogen) atoms. The molecule has 286 valence electrons. The lowest BCUT2D eigenvalue weighted by Gasteiger charge is -2.16. The molecule has 0 spiro atoms. The molecule has 11 rings (SSSR count). The first-order valence-electron chi connectivity index (χ1n) is 20.6. The maximum atomic E-state index is 5.34. The minimum atomic E-state index is 0.598.